The van der Waals surface area contributed by atoms with Crippen LogP contribution in [-0.2, 0) is 13.0 Å². The number of fused-ring (bicyclic) bond motifs is 1. The summed E-state index contributed by atoms with van der Waals surface area (Å²) in [6, 6.07) is 17.5. The van der Waals surface area contributed by atoms with E-state index < -0.39 is 0 Å². The topological polar surface area (TPSA) is 91.2 Å². The van der Waals surface area contributed by atoms with Crippen molar-refractivity contribution < 1.29 is 14.3 Å². The summed E-state index contributed by atoms with van der Waals surface area (Å²) in [5, 5.41) is 10.3. The standard InChI is InChI=1S/C32H33N5O3S/c1-21-19-34-29(41-21)18-27(38)23-7-6-10-26(17-23)40-28-15-16-33-32-30(28)31(35-24-8-4-3-5-9-24)36-37(32)20-22-11-13-25(39-2)14-12-22/h6-7,10-17,19,24H,3-5,8-9,18,20H2,1-2H3,(H,35,36). The molecular weight excluding hydrogens is 534 g/mol. The van der Waals surface area contributed by atoms with E-state index in [-0.39, 0.29) is 12.2 Å². The van der Waals surface area contributed by atoms with Crippen molar-refractivity contribution in [3.05, 3.63) is 88.0 Å². The van der Waals surface area contributed by atoms with Gasteiger partial charge < -0.3 is 14.8 Å². The van der Waals surface area contributed by atoms with Gasteiger partial charge in [-0.05, 0) is 49.6 Å². The second kappa shape index (κ2) is 12.1. The van der Waals surface area contributed by atoms with E-state index in [9.17, 15) is 4.79 Å². The Balaban J connectivity index is 1.31. The number of Topliss-reactive ketones (excluding diaryl/α,β-unsaturated/α-hetero) is 1. The maximum absolute atomic E-state index is 13.0. The van der Waals surface area contributed by atoms with Crippen LogP contribution >= 0.6 is 11.3 Å². The zero-order valence-corrected chi connectivity index (χ0v) is 24.1. The van der Waals surface area contributed by atoms with Gasteiger partial charge >= 0.3 is 0 Å². The first-order chi connectivity index (χ1) is 20.1. The molecule has 3 aromatic heterocycles. The number of aromatic nitrogens is 4. The van der Waals surface area contributed by atoms with Gasteiger partial charge in [0.25, 0.3) is 0 Å². The van der Waals surface area contributed by atoms with Crippen LogP contribution in [0.4, 0.5) is 5.82 Å². The lowest BCUT2D eigenvalue weighted by Crippen LogP contribution is -2.22. The number of benzene rings is 2. The summed E-state index contributed by atoms with van der Waals surface area (Å²) in [5.74, 6) is 2.83. The third-order valence-corrected chi connectivity index (χ3v) is 8.31. The molecule has 0 aliphatic heterocycles. The summed E-state index contributed by atoms with van der Waals surface area (Å²) >= 11 is 1.55. The number of pyridine rings is 1. The molecule has 1 aliphatic rings. The first-order valence-corrected chi connectivity index (χ1v) is 14.8. The number of rotatable bonds is 10. The SMILES string of the molecule is COc1ccc(Cn2nc(NC3CCCCC3)c3c(Oc4cccc(C(=O)Cc5ncc(C)s5)c4)ccnc32)cc1. The monoisotopic (exact) mass is 567 g/mol. The molecule has 9 heteroatoms. The van der Waals surface area contributed by atoms with Crippen molar-refractivity contribution in [1.82, 2.24) is 19.7 Å². The van der Waals surface area contributed by atoms with Crippen LogP contribution in [0.15, 0.2) is 67.0 Å². The van der Waals surface area contributed by atoms with Crippen molar-refractivity contribution in [2.45, 2.75) is 58.0 Å². The summed E-state index contributed by atoms with van der Waals surface area (Å²) < 4.78 is 13.7. The fourth-order valence-electron chi connectivity index (χ4n) is 5.29. The van der Waals surface area contributed by atoms with Gasteiger partial charge in [-0.15, -0.1) is 11.3 Å². The average molecular weight is 568 g/mol. The van der Waals surface area contributed by atoms with E-state index in [4.69, 9.17) is 19.6 Å². The molecule has 8 nitrogen and oxygen atoms in total. The van der Waals surface area contributed by atoms with Gasteiger partial charge in [-0.3, -0.25) is 4.79 Å². The fourth-order valence-corrected chi connectivity index (χ4v) is 6.08. The molecule has 0 amide bonds. The Morgan fingerprint density at radius 3 is 2.63 bits per heavy atom. The van der Waals surface area contributed by atoms with E-state index in [0.29, 0.717) is 29.6 Å². The van der Waals surface area contributed by atoms with Crippen molar-refractivity contribution in [3.8, 4) is 17.2 Å². The van der Waals surface area contributed by atoms with Gasteiger partial charge in [0, 0.05) is 34.9 Å². The lowest BCUT2D eigenvalue weighted by molar-refractivity contribution is 0.0992. The van der Waals surface area contributed by atoms with E-state index in [0.717, 1.165) is 50.9 Å². The molecule has 0 spiro atoms. The minimum atomic E-state index is 0.0108. The van der Waals surface area contributed by atoms with Gasteiger partial charge in [-0.25, -0.2) is 14.6 Å². The number of ether oxygens (including phenoxy) is 2. The van der Waals surface area contributed by atoms with Gasteiger partial charge in [-0.2, -0.15) is 5.10 Å². The predicted molar refractivity (Wildman–Crippen MR) is 162 cm³/mol. The van der Waals surface area contributed by atoms with Crippen molar-refractivity contribution in [2.24, 2.45) is 0 Å². The molecule has 0 atom stereocenters. The normalized spacial score (nSPS) is 13.8. The van der Waals surface area contributed by atoms with Crippen LogP contribution in [0.2, 0.25) is 0 Å². The van der Waals surface area contributed by atoms with Gasteiger partial charge in [0.1, 0.15) is 27.6 Å². The Bertz CT molecular complexity index is 1650. The lowest BCUT2D eigenvalue weighted by Gasteiger charge is -2.22. The number of ketones is 1. The number of nitrogens with zero attached hydrogens (tertiary/aromatic N) is 4. The molecule has 0 saturated heterocycles. The molecule has 210 valence electrons. The fraction of sp³-hybridized carbons (Fsp3) is 0.312. The van der Waals surface area contributed by atoms with Crippen LogP contribution in [0.3, 0.4) is 0 Å². The highest BCUT2D eigenvalue weighted by Gasteiger charge is 2.22. The molecule has 1 aliphatic carbocycles. The van der Waals surface area contributed by atoms with Gasteiger partial charge in [0.15, 0.2) is 17.2 Å². The van der Waals surface area contributed by atoms with Crippen molar-refractivity contribution in [2.75, 3.05) is 12.4 Å². The minimum Gasteiger partial charge on any atom is -0.497 e. The molecule has 41 heavy (non-hydrogen) atoms. The maximum atomic E-state index is 13.0. The Labute approximate surface area is 243 Å². The molecule has 0 unspecified atom stereocenters. The van der Waals surface area contributed by atoms with Crippen LogP contribution in [0.1, 0.15) is 57.9 Å². The van der Waals surface area contributed by atoms with Crippen LogP contribution in [0.25, 0.3) is 11.0 Å². The number of aryl methyl sites for hydroxylation is 1. The molecule has 0 radical (unpaired) electrons. The number of hydrogen-bond donors (Lipinski definition) is 1. The lowest BCUT2D eigenvalue weighted by atomic mass is 9.95. The number of nitrogens with one attached hydrogen (secondary N) is 1. The summed E-state index contributed by atoms with van der Waals surface area (Å²) in [5.41, 5.74) is 2.42. The Morgan fingerprint density at radius 2 is 1.88 bits per heavy atom. The molecule has 1 saturated carbocycles. The highest BCUT2D eigenvalue weighted by atomic mass is 32.1. The number of thiazole rings is 1. The van der Waals surface area contributed by atoms with Gasteiger partial charge in [0.05, 0.1) is 20.1 Å². The highest BCUT2D eigenvalue weighted by molar-refractivity contribution is 7.11. The molecular formula is C32H33N5O3S. The first kappa shape index (κ1) is 27.0. The quantitative estimate of drug-likeness (QED) is 0.178. The molecule has 2 aromatic carbocycles. The van der Waals surface area contributed by atoms with E-state index in [2.05, 4.69) is 10.3 Å². The zero-order valence-electron chi connectivity index (χ0n) is 23.3. The number of carbonyl (C=O) groups is 1. The second-order valence-corrected chi connectivity index (χ2v) is 11.8. The second-order valence-electron chi connectivity index (χ2n) is 10.4. The average Bonchev–Trinajstić information content (AvgIpc) is 3.57. The summed E-state index contributed by atoms with van der Waals surface area (Å²) in [6.07, 6.45) is 9.75. The predicted octanol–water partition coefficient (Wildman–Crippen LogP) is 7.22. The number of hydrogen-bond acceptors (Lipinski definition) is 8. The van der Waals surface area contributed by atoms with Crippen LogP contribution < -0.4 is 14.8 Å². The number of carbonyl (C=O) groups excluding carboxylic acids is 1. The van der Waals surface area contributed by atoms with Crippen LogP contribution in [-0.4, -0.2) is 38.7 Å². The minimum absolute atomic E-state index is 0.0108. The Kier molecular flexibility index (Phi) is 7.95. The molecule has 0 bridgehead atoms. The first-order valence-electron chi connectivity index (χ1n) is 14.0. The largest absolute Gasteiger partial charge is 0.497 e. The van der Waals surface area contributed by atoms with Crippen molar-refractivity contribution in [1.29, 1.82) is 0 Å². The number of anilines is 1. The highest BCUT2D eigenvalue weighted by Crippen LogP contribution is 2.36. The van der Waals surface area contributed by atoms with E-state index in [1.165, 1.54) is 19.3 Å². The van der Waals surface area contributed by atoms with Gasteiger partial charge in [0.2, 0.25) is 0 Å². The van der Waals surface area contributed by atoms with Crippen LogP contribution in [0.5, 0.6) is 17.2 Å². The number of methoxy groups -OCH3 is 1. The van der Waals surface area contributed by atoms with E-state index >= 15 is 0 Å². The summed E-state index contributed by atoms with van der Waals surface area (Å²) in [6.45, 7) is 2.55. The van der Waals surface area contributed by atoms with E-state index in [1.807, 2.05) is 60.1 Å². The smallest absolute Gasteiger partial charge is 0.169 e. The van der Waals surface area contributed by atoms with E-state index in [1.54, 1.807) is 36.9 Å². The summed E-state index contributed by atoms with van der Waals surface area (Å²) in [7, 11) is 1.66. The van der Waals surface area contributed by atoms with Gasteiger partial charge in [-0.1, -0.05) is 43.5 Å². The Hall–Kier alpha value is -4.24. The zero-order chi connectivity index (χ0) is 28.2. The molecule has 6 rings (SSSR count). The molecule has 5 aromatic rings. The third kappa shape index (κ3) is 6.25. The summed E-state index contributed by atoms with van der Waals surface area (Å²) in [4.78, 5) is 23.2. The third-order valence-electron chi connectivity index (χ3n) is 7.40. The van der Waals surface area contributed by atoms with Crippen molar-refractivity contribution in [3.63, 3.8) is 0 Å². The maximum Gasteiger partial charge on any atom is 0.169 e. The Morgan fingerprint density at radius 1 is 1.05 bits per heavy atom. The molecule has 1 N–H and O–H groups in total. The van der Waals surface area contributed by atoms with Crippen LogP contribution in [0, 0.1) is 6.92 Å². The van der Waals surface area contributed by atoms with Crippen molar-refractivity contribution >= 4 is 34.0 Å². The molecule has 3 heterocycles. The molecule has 1 fully saturated rings.